The lowest BCUT2D eigenvalue weighted by atomic mass is 10.1. The highest BCUT2D eigenvalue weighted by Crippen LogP contribution is 2.25. The molecule has 0 aromatic heterocycles. The van der Waals surface area contributed by atoms with Crippen LogP contribution >= 0.6 is 0 Å². The molecule has 0 radical (unpaired) electrons. The molecule has 0 bridgehead atoms. The Morgan fingerprint density at radius 3 is 2.12 bits per heavy atom. The second-order valence-electron chi connectivity index (χ2n) is 3.45. The molecule has 17 heavy (non-hydrogen) atoms. The molecule has 2 rings (SSSR count). The quantitative estimate of drug-likeness (QED) is 0.771. The maximum atomic E-state index is 13.2. The second-order valence-corrected chi connectivity index (χ2v) is 4.76. The summed E-state index contributed by atoms with van der Waals surface area (Å²) in [6.45, 7) is 0. The van der Waals surface area contributed by atoms with Crippen molar-refractivity contribution in [2.45, 2.75) is 4.90 Å². The van der Waals surface area contributed by atoms with Gasteiger partial charge in [0.05, 0.1) is 0 Å². The molecule has 2 nitrogen and oxygen atoms in total. The number of benzene rings is 2. The highest BCUT2D eigenvalue weighted by Gasteiger charge is 2.18. The predicted molar refractivity (Wildman–Crippen MR) is 60.1 cm³/mol. The van der Waals surface area contributed by atoms with E-state index in [2.05, 4.69) is 0 Å². The monoisotopic (exact) mass is 254 g/mol. The molecule has 0 spiro atoms. The average molecular weight is 254 g/mol. The molecule has 88 valence electrons. The Morgan fingerprint density at radius 1 is 0.882 bits per heavy atom. The molecule has 0 saturated heterocycles. The lowest BCUT2D eigenvalue weighted by molar-refractivity contribution is 0.533. The molecule has 0 N–H and O–H groups in total. The van der Waals surface area contributed by atoms with Crippen LogP contribution in [0.3, 0.4) is 0 Å². The first-order valence-electron chi connectivity index (χ1n) is 4.78. The first-order chi connectivity index (χ1) is 7.98. The summed E-state index contributed by atoms with van der Waals surface area (Å²) in [7, 11) is -5.04. The normalized spacial score (nSPS) is 11.4. The van der Waals surface area contributed by atoms with E-state index < -0.39 is 20.9 Å². The Kier molecular flexibility index (Phi) is 2.93. The number of halogens is 2. The van der Waals surface area contributed by atoms with Gasteiger partial charge in [0.2, 0.25) is 0 Å². The molecule has 0 fully saturated rings. The standard InChI is InChI=1S/C12H8F2O2S/c13-11-7-6-10(8-12(11)17(14,15)16)9-4-2-1-3-5-9/h1-8H. The average Bonchev–Trinajstić information content (AvgIpc) is 2.29. The Labute approximate surface area is 97.7 Å². The molecule has 0 unspecified atom stereocenters. The number of rotatable bonds is 2. The smallest absolute Gasteiger partial charge is 0.205 e. The summed E-state index contributed by atoms with van der Waals surface area (Å²) in [6.07, 6.45) is 0. The van der Waals surface area contributed by atoms with Gasteiger partial charge in [0.15, 0.2) is 0 Å². The van der Waals surface area contributed by atoms with Gasteiger partial charge in [0, 0.05) is 0 Å². The van der Waals surface area contributed by atoms with Crippen LogP contribution in [0.25, 0.3) is 11.1 Å². The van der Waals surface area contributed by atoms with Crippen molar-refractivity contribution >= 4 is 10.2 Å². The van der Waals surface area contributed by atoms with Crippen LogP contribution in [-0.2, 0) is 10.2 Å². The van der Waals surface area contributed by atoms with Gasteiger partial charge in [-0.25, -0.2) is 4.39 Å². The lowest BCUT2D eigenvalue weighted by Crippen LogP contribution is -1.96. The first kappa shape index (κ1) is 11.7. The largest absolute Gasteiger partial charge is 0.335 e. The van der Waals surface area contributed by atoms with Crippen molar-refractivity contribution in [1.82, 2.24) is 0 Å². The third kappa shape index (κ3) is 2.50. The van der Waals surface area contributed by atoms with E-state index in [-0.39, 0.29) is 0 Å². The van der Waals surface area contributed by atoms with Crippen molar-refractivity contribution in [1.29, 1.82) is 0 Å². The summed E-state index contributed by atoms with van der Waals surface area (Å²) in [6, 6.07) is 12.1. The molecule has 0 saturated carbocycles. The Balaban J connectivity index is 2.61. The van der Waals surface area contributed by atoms with Crippen LogP contribution in [0.1, 0.15) is 0 Å². The van der Waals surface area contributed by atoms with Gasteiger partial charge in [0.1, 0.15) is 10.7 Å². The molecular weight excluding hydrogens is 246 g/mol. The van der Waals surface area contributed by atoms with Crippen LogP contribution in [0.15, 0.2) is 53.4 Å². The van der Waals surface area contributed by atoms with Crippen molar-refractivity contribution in [3.8, 4) is 11.1 Å². The number of hydrogen-bond donors (Lipinski definition) is 0. The number of hydrogen-bond acceptors (Lipinski definition) is 2. The Morgan fingerprint density at radius 2 is 1.53 bits per heavy atom. The molecule has 0 aliphatic rings. The minimum Gasteiger partial charge on any atom is -0.205 e. The van der Waals surface area contributed by atoms with Gasteiger partial charge in [-0.2, -0.15) is 8.42 Å². The summed E-state index contributed by atoms with van der Waals surface area (Å²) in [4.78, 5) is -0.932. The summed E-state index contributed by atoms with van der Waals surface area (Å²) in [5.41, 5.74) is 1.14. The van der Waals surface area contributed by atoms with E-state index in [4.69, 9.17) is 0 Å². The third-order valence-electron chi connectivity index (χ3n) is 2.30. The fourth-order valence-electron chi connectivity index (χ4n) is 1.50. The third-order valence-corrected chi connectivity index (χ3v) is 3.14. The van der Waals surface area contributed by atoms with Gasteiger partial charge in [-0.05, 0) is 23.3 Å². The van der Waals surface area contributed by atoms with Gasteiger partial charge < -0.3 is 0 Å². The van der Waals surface area contributed by atoms with Crippen molar-refractivity contribution < 1.29 is 16.7 Å². The maximum Gasteiger partial charge on any atom is 0.335 e. The highest BCUT2D eigenvalue weighted by molar-refractivity contribution is 7.86. The van der Waals surface area contributed by atoms with E-state index in [1.807, 2.05) is 0 Å². The molecule has 2 aromatic carbocycles. The van der Waals surface area contributed by atoms with Gasteiger partial charge in [-0.1, -0.05) is 36.4 Å². The van der Waals surface area contributed by atoms with E-state index in [1.165, 1.54) is 6.07 Å². The summed E-state index contributed by atoms with van der Waals surface area (Å²) < 4.78 is 47.4. The Hall–Kier alpha value is -1.75. The van der Waals surface area contributed by atoms with Crippen LogP contribution in [-0.4, -0.2) is 8.42 Å². The fraction of sp³-hybridized carbons (Fsp3) is 0. The van der Waals surface area contributed by atoms with Crippen molar-refractivity contribution in [3.05, 3.63) is 54.3 Å². The van der Waals surface area contributed by atoms with Gasteiger partial charge in [-0.3, -0.25) is 0 Å². The topological polar surface area (TPSA) is 34.1 Å². The minimum atomic E-state index is -5.04. The van der Waals surface area contributed by atoms with Gasteiger partial charge >= 0.3 is 10.2 Å². The van der Waals surface area contributed by atoms with E-state index in [1.54, 1.807) is 30.3 Å². The van der Waals surface area contributed by atoms with Crippen LogP contribution in [0, 0.1) is 5.82 Å². The molecule has 0 aliphatic carbocycles. The van der Waals surface area contributed by atoms with Crippen molar-refractivity contribution in [3.63, 3.8) is 0 Å². The fourth-order valence-corrected chi connectivity index (χ4v) is 2.07. The zero-order valence-corrected chi connectivity index (χ0v) is 9.42. The van der Waals surface area contributed by atoms with E-state index in [9.17, 15) is 16.7 Å². The SMILES string of the molecule is O=S(=O)(F)c1cc(-c2ccccc2)ccc1F. The van der Waals surface area contributed by atoms with Crippen LogP contribution in [0.4, 0.5) is 8.28 Å². The van der Waals surface area contributed by atoms with E-state index in [0.29, 0.717) is 11.1 Å². The lowest BCUT2D eigenvalue weighted by Gasteiger charge is -2.03. The van der Waals surface area contributed by atoms with E-state index in [0.717, 1.165) is 12.1 Å². The van der Waals surface area contributed by atoms with Gasteiger partial charge in [0.25, 0.3) is 0 Å². The van der Waals surface area contributed by atoms with Crippen LogP contribution in [0.2, 0.25) is 0 Å². The highest BCUT2D eigenvalue weighted by atomic mass is 32.3. The first-order valence-corrected chi connectivity index (χ1v) is 6.16. The molecule has 0 amide bonds. The summed E-state index contributed by atoms with van der Waals surface area (Å²) >= 11 is 0. The molecule has 0 atom stereocenters. The molecule has 0 aliphatic heterocycles. The van der Waals surface area contributed by atoms with Crippen LogP contribution < -0.4 is 0 Å². The van der Waals surface area contributed by atoms with Crippen LogP contribution in [0.5, 0.6) is 0 Å². The van der Waals surface area contributed by atoms with Crippen molar-refractivity contribution in [2.24, 2.45) is 0 Å². The van der Waals surface area contributed by atoms with Gasteiger partial charge in [-0.15, -0.1) is 3.89 Å². The zero-order valence-electron chi connectivity index (χ0n) is 8.60. The Bertz CT molecular complexity index is 637. The summed E-state index contributed by atoms with van der Waals surface area (Å²) in [5.74, 6) is -1.09. The zero-order chi connectivity index (χ0) is 12.5. The second kappa shape index (κ2) is 4.25. The predicted octanol–water partition coefficient (Wildman–Crippen LogP) is 3.15. The van der Waals surface area contributed by atoms with E-state index >= 15 is 0 Å². The van der Waals surface area contributed by atoms with Crippen molar-refractivity contribution in [2.75, 3.05) is 0 Å². The molecule has 2 aromatic rings. The minimum absolute atomic E-state index is 0.447. The molecule has 5 heteroatoms. The maximum absolute atomic E-state index is 13.2. The molecular formula is C12H8F2O2S. The molecule has 0 heterocycles. The summed E-state index contributed by atoms with van der Waals surface area (Å²) in [5, 5.41) is 0.